The fraction of sp³-hybridized carbons (Fsp3) is 0.692. The van der Waals surface area contributed by atoms with Crippen LogP contribution in [0.25, 0.3) is 0 Å². The lowest BCUT2D eigenvalue weighted by atomic mass is 9.84. The van der Waals surface area contributed by atoms with Gasteiger partial charge >= 0.3 is 12.1 Å². The average molecular weight is 482 g/mol. The van der Waals surface area contributed by atoms with Gasteiger partial charge in [-0.25, -0.2) is 9.59 Å². The molecule has 2 unspecified atom stereocenters. The largest absolute Gasteiger partial charge is 0.493 e. The standard InChI is InChI=1S/C26H43NO7/c1-9-32-24(28)21(27-25(29)34-26(4,5)6)17-20(18(2)3)15-19-11-12-22(31-8)23(16-19)33-14-10-13-30-7/h11-12,16,18,20-21H,9-10,13-15,17H2,1-8H3,(H,27,29). The second-order valence-corrected chi connectivity index (χ2v) is 9.57. The van der Waals surface area contributed by atoms with Crippen molar-refractivity contribution in [3.05, 3.63) is 23.8 Å². The zero-order valence-electron chi connectivity index (χ0n) is 22.1. The lowest BCUT2D eigenvalue weighted by Gasteiger charge is -2.27. The van der Waals surface area contributed by atoms with Crippen LogP contribution in [0.1, 0.15) is 59.9 Å². The topological polar surface area (TPSA) is 92.3 Å². The van der Waals surface area contributed by atoms with Gasteiger partial charge in [0.25, 0.3) is 0 Å². The molecule has 1 N–H and O–H groups in total. The lowest BCUT2D eigenvalue weighted by Crippen LogP contribution is -2.45. The fourth-order valence-electron chi connectivity index (χ4n) is 3.45. The molecule has 1 aromatic rings. The van der Waals surface area contributed by atoms with E-state index in [4.69, 9.17) is 23.7 Å². The van der Waals surface area contributed by atoms with Crippen LogP contribution in [0.3, 0.4) is 0 Å². The Labute approximate surface area is 204 Å². The number of hydrogen-bond donors (Lipinski definition) is 1. The molecule has 34 heavy (non-hydrogen) atoms. The highest BCUT2D eigenvalue weighted by Gasteiger charge is 2.29. The second kappa shape index (κ2) is 14.7. The summed E-state index contributed by atoms with van der Waals surface area (Å²) >= 11 is 0. The molecule has 2 atom stereocenters. The molecule has 8 nitrogen and oxygen atoms in total. The van der Waals surface area contributed by atoms with Crippen LogP contribution in [0.2, 0.25) is 0 Å². The number of rotatable bonds is 14. The van der Waals surface area contributed by atoms with Crippen LogP contribution in [-0.4, -0.2) is 57.7 Å². The van der Waals surface area contributed by atoms with Crippen molar-refractivity contribution < 1.29 is 33.3 Å². The molecule has 0 saturated heterocycles. The summed E-state index contributed by atoms with van der Waals surface area (Å²) in [6, 6.07) is 5.06. The van der Waals surface area contributed by atoms with Crippen molar-refractivity contribution >= 4 is 12.1 Å². The van der Waals surface area contributed by atoms with Gasteiger partial charge in [-0.15, -0.1) is 0 Å². The van der Waals surface area contributed by atoms with Crippen molar-refractivity contribution in [2.75, 3.05) is 34.0 Å². The molecule has 0 radical (unpaired) electrons. The van der Waals surface area contributed by atoms with Gasteiger partial charge in [0.05, 0.1) is 20.3 Å². The first-order chi connectivity index (χ1) is 16.0. The van der Waals surface area contributed by atoms with Gasteiger partial charge in [-0.05, 0) is 70.1 Å². The molecule has 1 amide bonds. The maximum atomic E-state index is 12.6. The van der Waals surface area contributed by atoms with Crippen LogP contribution in [0.4, 0.5) is 4.79 Å². The van der Waals surface area contributed by atoms with Crippen molar-refractivity contribution in [1.29, 1.82) is 0 Å². The first-order valence-corrected chi connectivity index (χ1v) is 12.0. The van der Waals surface area contributed by atoms with Crippen molar-refractivity contribution in [1.82, 2.24) is 5.32 Å². The Kier molecular flexibility index (Phi) is 12.8. The van der Waals surface area contributed by atoms with E-state index < -0.39 is 23.7 Å². The molecule has 0 heterocycles. The molecule has 0 bridgehead atoms. The van der Waals surface area contributed by atoms with E-state index in [1.54, 1.807) is 41.9 Å². The zero-order chi connectivity index (χ0) is 25.7. The van der Waals surface area contributed by atoms with Gasteiger partial charge in [0.2, 0.25) is 0 Å². The van der Waals surface area contributed by atoms with E-state index in [0.29, 0.717) is 37.6 Å². The molecular formula is C26H43NO7. The van der Waals surface area contributed by atoms with Crippen LogP contribution in [0.5, 0.6) is 11.5 Å². The summed E-state index contributed by atoms with van der Waals surface area (Å²) in [6.45, 7) is 12.7. The number of benzene rings is 1. The fourth-order valence-corrected chi connectivity index (χ4v) is 3.45. The summed E-state index contributed by atoms with van der Waals surface area (Å²) in [5, 5.41) is 2.71. The van der Waals surface area contributed by atoms with Crippen LogP contribution in [-0.2, 0) is 25.4 Å². The summed E-state index contributed by atoms with van der Waals surface area (Å²) in [5.41, 5.74) is 0.393. The first kappa shape index (κ1) is 29.6. The third kappa shape index (κ3) is 11.1. The molecule has 8 heteroatoms. The Balaban J connectivity index is 3.01. The number of hydrogen-bond acceptors (Lipinski definition) is 7. The monoisotopic (exact) mass is 481 g/mol. The van der Waals surface area contributed by atoms with Gasteiger partial charge in [-0.2, -0.15) is 0 Å². The minimum Gasteiger partial charge on any atom is -0.493 e. The predicted octanol–water partition coefficient (Wildman–Crippen LogP) is 4.77. The quantitative estimate of drug-likeness (QED) is 0.302. The molecule has 0 saturated carbocycles. The number of nitrogens with one attached hydrogen (secondary N) is 1. The lowest BCUT2D eigenvalue weighted by molar-refractivity contribution is -0.146. The van der Waals surface area contributed by atoms with E-state index in [0.717, 1.165) is 12.0 Å². The van der Waals surface area contributed by atoms with E-state index in [-0.39, 0.29) is 18.4 Å². The van der Waals surface area contributed by atoms with Gasteiger partial charge in [0.1, 0.15) is 11.6 Å². The van der Waals surface area contributed by atoms with Crippen LogP contribution in [0.15, 0.2) is 18.2 Å². The molecule has 1 aromatic carbocycles. The minimum atomic E-state index is -0.801. The zero-order valence-corrected chi connectivity index (χ0v) is 22.1. The maximum absolute atomic E-state index is 12.6. The van der Waals surface area contributed by atoms with Crippen LogP contribution < -0.4 is 14.8 Å². The Morgan fingerprint density at radius 2 is 1.76 bits per heavy atom. The van der Waals surface area contributed by atoms with Gasteiger partial charge in [-0.1, -0.05) is 19.9 Å². The summed E-state index contributed by atoms with van der Waals surface area (Å²) in [7, 11) is 3.27. The number of methoxy groups -OCH3 is 2. The summed E-state index contributed by atoms with van der Waals surface area (Å²) < 4.78 is 27.0. The number of alkyl carbamates (subject to hydrolysis) is 1. The molecule has 0 aromatic heterocycles. The summed E-state index contributed by atoms with van der Waals surface area (Å²) in [6.07, 6.45) is 1.26. The number of ether oxygens (including phenoxy) is 5. The third-order valence-electron chi connectivity index (χ3n) is 5.22. The van der Waals surface area contributed by atoms with Crippen LogP contribution >= 0.6 is 0 Å². The highest BCUT2D eigenvalue weighted by molar-refractivity contribution is 5.81. The summed E-state index contributed by atoms with van der Waals surface area (Å²) in [5.74, 6) is 1.23. The number of esters is 1. The van der Waals surface area contributed by atoms with Gasteiger partial charge in [-0.3, -0.25) is 0 Å². The minimum absolute atomic E-state index is 0.0964. The Morgan fingerprint density at radius 1 is 1.06 bits per heavy atom. The molecule has 194 valence electrons. The van der Waals surface area contributed by atoms with E-state index in [2.05, 4.69) is 19.2 Å². The SMILES string of the molecule is CCOC(=O)C(CC(Cc1ccc(OC)c(OCCCOC)c1)C(C)C)NC(=O)OC(C)(C)C. The molecule has 0 spiro atoms. The Bertz CT molecular complexity index is 758. The first-order valence-electron chi connectivity index (χ1n) is 12.0. The number of carbonyl (C=O) groups excluding carboxylic acids is 2. The Morgan fingerprint density at radius 3 is 2.32 bits per heavy atom. The number of amides is 1. The van der Waals surface area contributed by atoms with Crippen molar-refractivity contribution in [2.45, 2.75) is 72.4 Å². The van der Waals surface area contributed by atoms with Gasteiger partial charge in [0.15, 0.2) is 11.5 Å². The number of carbonyl (C=O) groups is 2. The van der Waals surface area contributed by atoms with Gasteiger partial charge < -0.3 is 29.0 Å². The molecule has 1 rings (SSSR count). The molecule has 0 aliphatic heterocycles. The van der Waals surface area contributed by atoms with E-state index in [1.165, 1.54) is 0 Å². The molecular weight excluding hydrogens is 438 g/mol. The second-order valence-electron chi connectivity index (χ2n) is 9.57. The van der Waals surface area contributed by atoms with E-state index in [9.17, 15) is 9.59 Å². The average Bonchev–Trinajstić information content (AvgIpc) is 2.74. The van der Waals surface area contributed by atoms with E-state index in [1.807, 2.05) is 18.2 Å². The summed E-state index contributed by atoms with van der Waals surface area (Å²) in [4.78, 5) is 25.0. The molecule has 0 aliphatic rings. The molecule has 0 fully saturated rings. The normalized spacial score (nSPS) is 13.2. The molecule has 0 aliphatic carbocycles. The van der Waals surface area contributed by atoms with E-state index >= 15 is 0 Å². The van der Waals surface area contributed by atoms with Crippen LogP contribution in [0, 0.1) is 11.8 Å². The van der Waals surface area contributed by atoms with Crippen molar-refractivity contribution in [2.24, 2.45) is 11.8 Å². The van der Waals surface area contributed by atoms with Crippen molar-refractivity contribution in [3.8, 4) is 11.5 Å². The van der Waals surface area contributed by atoms with Gasteiger partial charge in [0, 0.05) is 20.1 Å². The highest BCUT2D eigenvalue weighted by atomic mass is 16.6. The third-order valence-corrected chi connectivity index (χ3v) is 5.22. The van der Waals surface area contributed by atoms with Crippen molar-refractivity contribution in [3.63, 3.8) is 0 Å². The smallest absolute Gasteiger partial charge is 0.408 e. The predicted molar refractivity (Wildman–Crippen MR) is 131 cm³/mol. The Hall–Kier alpha value is -2.48. The maximum Gasteiger partial charge on any atom is 0.408 e. The highest BCUT2D eigenvalue weighted by Crippen LogP contribution is 2.31.